The molecule has 0 saturated carbocycles. The number of ether oxygens (including phenoxy) is 2. The normalized spacial score (nSPS) is 11.0. The third kappa shape index (κ3) is 3.37. The molecular weight excluding hydrogens is 324 g/mol. The Labute approximate surface area is 143 Å². The molecule has 0 aliphatic carbocycles. The number of aromatic amines is 1. The first-order chi connectivity index (χ1) is 12.1. The van der Waals surface area contributed by atoms with E-state index in [0.717, 1.165) is 11.0 Å². The number of H-pyrrole nitrogens is 1. The molecule has 25 heavy (non-hydrogen) atoms. The van der Waals surface area contributed by atoms with Crippen LogP contribution >= 0.6 is 0 Å². The summed E-state index contributed by atoms with van der Waals surface area (Å²) < 4.78 is 10.1. The Hall–Kier alpha value is -3.55. The molecule has 0 aliphatic rings. The van der Waals surface area contributed by atoms with Gasteiger partial charge in [0.1, 0.15) is 0 Å². The van der Waals surface area contributed by atoms with Crippen LogP contribution < -0.4 is 14.9 Å². The van der Waals surface area contributed by atoms with Gasteiger partial charge in [-0.1, -0.05) is 0 Å². The van der Waals surface area contributed by atoms with Crippen LogP contribution in [0, 0.1) is 0 Å². The SMILES string of the molecule is COc1cc(C=NNC(=O)c2ccc3nc[nH]c3c2)cc(OC)c1O. The molecule has 0 radical (unpaired) electrons. The van der Waals surface area contributed by atoms with Gasteiger partial charge >= 0.3 is 0 Å². The third-order valence-electron chi connectivity index (χ3n) is 3.56. The first kappa shape index (κ1) is 16.3. The maximum Gasteiger partial charge on any atom is 0.271 e. The van der Waals surface area contributed by atoms with Crippen molar-refractivity contribution < 1.29 is 19.4 Å². The number of phenols is 1. The zero-order valence-electron chi connectivity index (χ0n) is 13.6. The lowest BCUT2D eigenvalue weighted by Crippen LogP contribution is -2.17. The second kappa shape index (κ2) is 6.91. The highest BCUT2D eigenvalue weighted by atomic mass is 16.5. The van der Waals surface area contributed by atoms with Gasteiger partial charge < -0.3 is 19.6 Å². The summed E-state index contributed by atoms with van der Waals surface area (Å²) in [6, 6.07) is 8.26. The molecule has 8 nitrogen and oxygen atoms in total. The van der Waals surface area contributed by atoms with E-state index in [2.05, 4.69) is 20.5 Å². The minimum atomic E-state index is -0.356. The number of hydrazone groups is 1. The van der Waals surface area contributed by atoms with E-state index in [-0.39, 0.29) is 23.2 Å². The molecule has 2 aromatic carbocycles. The fourth-order valence-corrected chi connectivity index (χ4v) is 2.30. The lowest BCUT2D eigenvalue weighted by Gasteiger charge is -2.09. The van der Waals surface area contributed by atoms with E-state index < -0.39 is 0 Å². The number of carbonyl (C=O) groups excluding carboxylic acids is 1. The number of hydrogen-bond donors (Lipinski definition) is 3. The average molecular weight is 340 g/mol. The highest BCUT2D eigenvalue weighted by Gasteiger charge is 2.10. The van der Waals surface area contributed by atoms with Crippen LogP contribution in [0.4, 0.5) is 0 Å². The topological polar surface area (TPSA) is 109 Å². The Balaban J connectivity index is 1.75. The number of nitrogens with zero attached hydrogens (tertiary/aromatic N) is 2. The lowest BCUT2D eigenvalue weighted by atomic mass is 10.2. The monoisotopic (exact) mass is 340 g/mol. The van der Waals surface area contributed by atoms with Gasteiger partial charge in [0.15, 0.2) is 11.5 Å². The smallest absolute Gasteiger partial charge is 0.271 e. The largest absolute Gasteiger partial charge is 0.502 e. The maximum absolute atomic E-state index is 12.2. The molecule has 3 aromatic rings. The Morgan fingerprint density at radius 2 is 1.96 bits per heavy atom. The standard InChI is InChI=1S/C17H16N4O4/c1-24-14-5-10(6-15(25-2)16(14)22)8-20-21-17(23)11-3-4-12-13(7-11)19-9-18-12/h3-9,22H,1-2H3,(H,18,19)(H,21,23). The number of benzene rings is 2. The molecule has 0 spiro atoms. The van der Waals surface area contributed by atoms with Crippen LogP contribution in [-0.2, 0) is 0 Å². The number of fused-ring (bicyclic) bond motifs is 1. The molecule has 8 heteroatoms. The molecule has 0 saturated heterocycles. The van der Waals surface area contributed by atoms with Crippen molar-refractivity contribution >= 4 is 23.2 Å². The number of phenolic OH excluding ortho intramolecular Hbond substituents is 1. The summed E-state index contributed by atoms with van der Waals surface area (Å²) in [5, 5.41) is 13.8. The van der Waals surface area contributed by atoms with Crippen molar-refractivity contribution in [3.8, 4) is 17.2 Å². The number of aromatic hydroxyl groups is 1. The summed E-state index contributed by atoms with van der Waals surface area (Å²) in [7, 11) is 2.87. The van der Waals surface area contributed by atoms with Gasteiger partial charge in [-0.3, -0.25) is 4.79 Å². The number of rotatable bonds is 5. The molecule has 0 bridgehead atoms. The summed E-state index contributed by atoms with van der Waals surface area (Å²) in [6.45, 7) is 0. The molecule has 1 amide bonds. The third-order valence-corrected chi connectivity index (χ3v) is 3.56. The van der Waals surface area contributed by atoms with Gasteiger partial charge in [0.05, 0.1) is 37.8 Å². The summed E-state index contributed by atoms with van der Waals surface area (Å²) in [4.78, 5) is 19.2. The van der Waals surface area contributed by atoms with Gasteiger partial charge in [0.2, 0.25) is 5.75 Å². The molecule has 3 rings (SSSR count). The van der Waals surface area contributed by atoms with Crippen molar-refractivity contribution in [1.29, 1.82) is 0 Å². The fourth-order valence-electron chi connectivity index (χ4n) is 2.30. The van der Waals surface area contributed by atoms with Crippen molar-refractivity contribution in [2.45, 2.75) is 0 Å². The van der Waals surface area contributed by atoms with Crippen molar-refractivity contribution in [2.24, 2.45) is 5.10 Å². The van der Waals surface area contributed by atoms with Crippen LogP contribution in [0.25, 0.3) is 11.0 Å². The summed E-state index contributed by atoms with van der Waals surface area (Å²) in [5.74, 6) is 0.0400. The molecule has 1 aromatic heterocycles. The Morgan fingerprint density at radius 3 is 2.64 bits per heavy atom. The van der Waals surface area contributed by atoms with Crippen LogP contribution in [0.5, 0.6) is 17.2 Å². The van der Waals surface area contributed by atoms with Gasteiger partial charge in [-0.2, -0.15) is 5.10 Å². The lowest BCUT2D eigenvalue weighted by molar-refractivity contribution is 0.0955. The van der Waals surface area contributed by atoms with Crippen molar-refractivity contribution in [2.75, 3.05) is 14.2 Å². The number of methoxy groups -OCH3 is 2. The van der Waals surface area contributed by atoms with Gasteiger partial charge in [-0.25, -0.2) is 10.4 Å². The molecule has 3 N–H and O–H groups in total. The average Bonchev–Trinajstić information content (AvgIpc) is 3.10. The molecule has 128 valence electrons. The van der Waals surface area contributed by atoms with E-state index in [1.807, 2.05) is 0 Å². The van der Waals surface area contributed by atoms with Crippen molar-refractivity contribution in [3.63, 3.8) is 0 Å². The predicted molar refractivity (Wildman–Crippen MR) is 92.4 cm³/mol. The van der Waals surface area contributed by atoms with E-state index in [1.54, 1.807) is 36.7 Å². The fraction of sp³-hybridized carbons (Fsp3) is 0.118. The van der Waals surface area contributed by atoms with Crippen LogP contribution in [-0.4, -0.2) is 41.4 Å². The van der Waals surface area contributed by atoms with Gasteiger partial charge in [0, 0.05) is 11.1 Å². The molecule has 0 aliphatic heterocycles. The minimum absolute atomic E-state index is 0.0981. The zero-order valence-corrected chi connectivity index (χ0v) is 13.6. The highest BCUT2D eigenvalue weighted by Crippen LogP contribution is 2.36. The van der Waals surface area contributed by atoms with E-state index in [9.17, 15) is 9.90 Å². The number of aromatic nitrogens is 2. The molecule has 0 fully saturated rings. The highest BCUT2D eigenvalue weighted by molar-refractivity contribution is 5.97. The first-order valence-corrected chi connectivity index (χ1v) is 7.34. The minimum Gasteiger partial charge on any atom is -0.502 e. The number of nitrogens with one attached hydrogen (secondary N) is 2. The quantitative estimate of drug-likeness (QED) is 0.486. The molecular formula is C17H16N4O4. The Kier molecular flexibility index (Phi) is 4.51. The molecule has 0 atom stereocenters. The summed E-state index contributed by atoms with van der Waals surface area (Å²) >= 11 is 0. The van der Waals surface area contributed by atoms with E-state index in [1.165, 1.54) is 20.4 Å². The zero-order chi connectivity index (χ0) is 17.8. The molecule has 0 unspecified atom stereocenters. The van der Waals surface area contributed by atoms with E-state index in [0.29, 0.717) is 11.1 Å². The van der Waals surface area contributed by atoms with Crippen LogP contribution in [0.2, 0.25) is 0 Å². The first-order valence-electron chi connectivity index (χ1n) is 7.34. The predicted octanol–water partition coefficient (Wildman–Crippen LogP) is 2.05. The number of hydrogen-bond acceptors (Lipinski definition) is 6. The van der Waals surface area contributed by atoms with Crippen LogP contribution in [0.1, 0.15) is 15.9 Å². The summed E-state index contributed by atoms with van der Waals surface area (Å²) in [6.07, 6.45) is 2.99. The van der Waals surface area contributed by atoms with Crippen molar-refractivity contribution in [3.05, 3.63) is 47.8 Å². The number of amides is 1. The van der Waals surface area contributed by atoms with Gasteiger partial charge in [-0.15, -0.1) is 0 Å². The van der Waals surface area contributed by atoms with Gasteiger partial charge in [0.25, 0.3) is 5.91 Å². The molecule has 1 heterocycles. The van der Waals surface area contributed by atoms with Crippen LogP contribution in [0.15, 0.2) is 41.8 Å². The Bertz CT molecular complexity index is 924. The van der Waals surface area contributed by atoms with E-state index in [4.69, 9.17) is 9.47 Å². The second-order valence-corrected chi connectivity index (χ2v) is 5.11. The maximum atomic E-state index is 12.2. The second-order valence-electron chi connectivity index (χ2n) is 5.11. The van der Waals surface area contributed by atoms with Gasteiger partial charge in [-0.05, 0) is 30.3 Å². The Morgan fingerprint density at radius 1 is 1.24 bits per heavy atom. The van der Waals surface area contributed by atoms with E-state index >= 15 is 0 Å². The van der Waals surface area contributed by atoms with Crippen LogP contribution in [0.3, 0.4) is 0 Å². The number of imidazole rings is 1. The summed E-state index contributed by atoms with van der Waals surface area (Å²) in [5.41, 5.74) is 5.04. The number of carbonyl (C=O) groups is 1. The van der Waals surface area contributed by atoms with Crippen molar-refractivity contribution in [1.82, 2.24) is 15.4 Å².